The maximum Gasteiger partial charge on any atom is 0.341 e. The normalized spacial score (nSPS) is 10.9. The number of hydrogen-bond acceptors (Lipinski definition) is 6. The zero-order chi connectivity index (χ0) is 25.0. The van der Waals surface area contributed by atoms with Gasteiger partial charge in [0.05, 0.1) is 13.2 Å². The lowest BCUT2D eigenvalue weighted by Gasteiger charge is -2.09. The largest absolute Gasteiger partial charge is 0.494 e. The van der Waals surface area contributed by atoms with E-state index in [1.165, 1.54) is 17.4 Å². The number of carbonyl (C=O) groups excluding carboxylic acids is 2. The number of amides is 1. The Balaban J connectivity index is 1.79. The molecule has 0 radical (unpaired) electrons. The number of unbranched alkanes of at least 4 members (excludes halogenated alkanes) is 2. The third kappa shape index (κ3) is 7.05. The summed E-state index contributed by atoms with van der Waals surface area (Å²) in [4.78, 5) is 25.6. The molecule has 7 heteroatoms. The van der Waals surface area contributed by atoms with Gasteiger partial charge in [-0.3, -0.25) is 4.79 Å². The van der Waals surface area contributed by atoms with Crippen molar-refractivity contribution in [3.63, 3.8) is 0 Å². The summed E-state index contributed by atoms with van der Waals surface area (Å²) in [6.45, 7) is 4.73. The van der Waals surface area contributed by atoms with Crippen molar-refractivity contribution in [1.29, 1.82) is 5.26 Å². The number of rotatable bonds is 11. The van der Waals surface area contributed by atoms with Crippen LogP contribution in [0.1, 0.15) is 49.0 Å². The summed E-state index contributed by atoms with van der Waals surface area (Å²) in [5, 5.41) is 14.5. The van der Waals surface area contributed by atoms with Crippen molar-refractivity contribution in [2.24, 2.45) is 0 Å². The first-order valence-electron chi connectivity index (χ1n) is 11.6. The Morgan fingerprint density at radius 1 is 1.06 bits per heavy atom. The van der Waals surface area contributed by atoms with Crippen LogP contribution < -0.4 is 10.1 Å². The van der Waals surface area contributed by atoms with Crippen molar-refractivity contribution in [2.75, 3.05) is 18.5 Å². The number of ether oxygens (including phenoxy) is 2. The summed E-state index contributed by atoms with van der Waals surface area (Å²) in [6.07, 6.45) is 4.76. The number of esters is 1. The molecule has 0 aliphatic rings. The molecule has 2 aromatic carbocycles. The minimum absolute atomic E-state index is 0.0777. The Labute approximate surface area is 209 Å². The molecule has 0 saturated carbocycles. The summed E-state index contributed by atoms with van der Waals surface area (Å²) in [5.41, 5.74) is 2.39. The highest BCUT2D eigenvalue weighted by Gasteiger charge is 2.23. The fourth-order valence-electron chi connectivity index (χ4n) is 3.37. The number of hydrogen-bond donors (Lipinski definition) is 1. The van der Waals surface area contributed by atoms with Gasteiger partial charge in [-0.1, -0.05) is 62.2 Å². The predicted molar refractivity (Wildman–Crippen MR) is 139 cm³/mol. The van der Waals surface area contributed by atoms with Crippen LogP contribution in [0.15, 0.2) is 65.6 Å². The van der Waals surface area contributed by atoms with E-state index in [2.05, 4.69) is 12.2 Å². The molecular formula is C28H28N2O4S. The first-order valence-corrected chi connectivity index (χ1v) is 12.4. The molecule has 6 nitrogen and oxygen atoms in total. The minimum Gasteiger partial charge on any atom is -0.494 e. The number of carbonyl (C=O) groups is 2. The van der Waals surface area contributed by atoms with E-state index in [4.69, 9.17) is 9.47 Å². The van der Waals surface area contributed by atoms with Gasteiger partial charge in [-0.25, -0.2) is 4.79 Å². The van der Waals surface area contributed by atoms with Crippen LogP contribution in [0.2, 0.25) is 0 Å². The predicted octanol–water partition coefficient (Wildman–Crippen LogP) is 6.71. The van der Waals surface area contributed by atoms with Gasteiger partial charge in [-0.15, -0.1) is 11.3 Å². The molecule has 1 aromatic heterocycles. The lowest BCUT2D eigenvalue weighted by atomic mass is 10.0. The second kappa shape index (κ2) is 13.1. The second-order valence-corrected chi connectivity index (χ2v) is 8.57. The van der Waals surface area contributed by atoms with Crippen molar-refractivity contribution in [1.82, 2.24) is 0 Å². The van der Waals surface area contributed by atoms with Crippen LogP contribution >= 0.6 is 11.3 Å². The van der Waals surface area contributed by atoms with E-state index in [9.17, 15) is 14.9 Å². The summed E-state index contributed by atoms with van der Waals surface area (Å²) in [7, 11) is 0. The molecule has 1 amide bonds. The third-order valence-corrected chi connectivity index (χ3v) is 6.05. The molecule has 1 heterocycles. The van der Waals surface area contributed by atoms with Crippen LogP contribution in [0.5, 0.6) is 5.75 Å². The van der Waals surface area contributed by atoms with Crippen LogP contribution in [-0.2, 0) is 9.53 Å². The zero-order valence-electron chi connectivity index (χ0n) is 19.9. The highest BCUT2D eigenvalue weighted by atomic mass is 32.1. The smallest absolute Gasteiger partial charge is 0.341 e. The molecule has 0 saturated heterocycles. The van der Waals surface area contributed by atoms with E-state index in [0.717, 1.165) is 30.6 Å². The molecule has 3 rings (SSSR count). The lowest BCUT2D eigenvalue weighted by Crippen LogP contribution is -2.16. The molecule has 3 aromatic rings. The summed E-state index contributed by atoms with van der Waals surface area (Å²) < 4.78 is 10.9. The Morgan fingerprint density at radius 3 is 2.46 bits per heavy atom. The Hall–Kier alpha value is -3.89. The van der Waals surface area contributed by atoms with Gasteiger partial charge in [0, 0.05) is 10.9 Å². The molecule has 0 spiro atoms. The first-order chi connectivity index (χ1) is 17.1. The molecule has 0 atom stereocenters. The molecule has 0 aliphatic carbocycles. The second-order valence-electron chi connectivity index (χ2n) is 7.69. The quantitative estimate of drug-likeness (QED) is 0.140. The maximum atomic E-state index is 12.9. The topological polar surface area (TPSA) is 88.4 Å². The van der Waals surface area contributed by atoms with E-state index in [1.807, 2.05) is 48.5 Å². The van der Waals surface area contributed by atoms with E-state index in [1.54, 1.807) is 24.4 Å². The van der Waals surface area contributed by atoms with Gasteiger partial charge in [-0.2, -0.15) is 5.26 Å². The average molecular weight is 489 g/mol. The van der Waals surface area contributed by atoms with Crippen molar-refractivity contribution >= 4 is 34.3 Å². The van der Waals surface area contributed by atoms with E-state index < -0.39 is 11.9 Å². The summed E-state index contributed by atoms with van der Waals surface area (Å²) >= 11 is 1.21. The molecular weight excluding hydrogens is 460 g/mol. The number of nitrogens with one attached hydrogen (secondary N) is 1. The summed E-state index contributed by atoms with van der Waals surface area (Å²) in [6, 6.07) is 18.6. The van der Waals surface area contributed by atoms with Gasteiger partial charge < -0.3 is 14.8 Å². The Bertz CT molecular complexity index is 1210. The van der Waals surface area contributed by atoms with Crippen molar-refractivity contribution in [3.8, 4) is 22.9 Å². The van der Waals surface area contributed by atoms with Crippen molar-refractivity contribution in [2.45, 2.75) is 33.1 Å². The van der Waals surface area contributed by atoms with Crippen LogP contribution in [0.25, 0.3) is 17.2 Å². The van der Waals surface area contributed by atoms with Crippen LogP contribution in [0, 0.1) is 11.3 Å². The minimum atomic E-state index is -0.598. The summed E-state index contributed by atoms with van der Waals surface area (Å²) in [5.74, 6) is -0.383. The van der Waals surface area contributed by atoms with Crippen LogP contribution in [0.4, 0.5) is 5.00 Å². The maximum absolute atomic E-state index is 12.9. The third-order valence-electron chi connectivity index (χ3n) is 5.16. The average Bonchev–Trinajstić information content (AvgIpc) is 3.30. The van der Waals surface area contributed by atoms with E-state index in [0.29, 0.717) is 22.7 Å². The molecule has 0 aliphatic heterocycles. The fourth-order valence-corrected chi connectivity index (χ4v) is 4.33. The fraction of sp³-hybridized carbons (Fsp3) is 0.250. The molecule has 0 unspecified atom stereocenters. The molecule has 0 bridgehead atoms. The lowest BCUT2D eigenvalue weighted by molar-refractivity contribution is -0.112. The number of anilines is 1. The SMILES string of the molecule is CCCCCOc1ccc(C=C(C#N)C(=O)Nc2scc(-c3ccccc3)c2C(=O)OCC)cc1. The Morgan fingerprint density at radius 2 is 1.80 bits per heavy atom. The van der Waals surface area contributed by atoms with Gasteiger partial charge in [0.25, 0.3) is 5.91 Å². The van der Waals surface area contributed by atoms with Gasteiger partial charge in [0.1, 0.15) is 28.0 Å². The monoisotopic (exact) mass is 488 g/mol. The van der Waals surface area contributed by atoms with Crippen LogP contribution in [-0.4, -0.2) is 25.1 Å². The van der Waals surface area contributed by atoms with Gasteiger partial charge in [-0.05, 0) is 42.7 Å². The molecule has 35 heavy (non-hydrogen) atoms. The van der Waals surface area contributed by atoms with Crippen molar-refractivity contribution < 1.29 is 19.1 Å². The molecule has 0 fully saturated rings. The number of benzene rings is 2. The molecule has 180 valence electrons. The van der Waals surface area contributed by atoms with Crippen LogP contribution in [0.3, 0.4) is 0 Å². The highest BCUT2D eigenvalue weighted by molar-refractivity contribution is 7.15. The number of thiophene rings is 1. The van der Waals surface area contributed by atoms with E-state index in [-0.39, 0.29) is 17.7 Å². The van der Waals surface area contributed by atoms with E-state index >= 15 is 0 Å². The molecule has 1 N–H and O–H groups in total. The van der Waals surface area contributed by atoms with Gasteiger partial charge in [0.15, 0.2) is 0 Å². The van der Waals surface area contributed by atoms with Crippen molar-refractivity contribution in [3.05, 3.63) is 76.7 Å². The van der Waals surface area contributed by atoms with Gasteiger partial charge in [0.2, 0.25) is 0 Å². The highest BCUT2D eigenvalue weighted by Crippen LogP contribution is 2.36. The number of nitriles is 1. The zero-order valence-corrected chi connectivity index (χ0v) is 20.7. The Kier molecular flexibility index (Phi) is 9.64. The number of nitrogens with zero attached hydrogens (tertiary/aromatic N) is 1. The standard InChI is InChI=1S/C28H28N2O4S/c1-3-5-9-16-34-23-14-12-20(13-15-23)17-22(18-29)26(31)30-27-25(28(32)33-4-2)24(19-35-27)21-10-7-6-8-11-21/h6-8,10-15,17,19H,3-5,9,16H2,1-2H3,(H,30,31). The first kappa shape index (κ1) is 25.7. The van der Waals surface area contributed by atoms with Gasteiger partial charge >= 0.3 is 5.97 Å².